The lowest BCUT2D eigenvalue weighted by atomic mass is 10.4. The van der Waals surface area contributed by atoms with Crippen molar-refractivity contribution in [3.8, 4) is 5.13 Å². The molecule has 0 spiro atoms. The predicted molar refractivity (Wildman–Crippen MR) is 48.4 cm³/mol. The van der Waals surface area contributed by atoms with Gasteiger partial charge >= 0.3 is 5.97 Å². The fourth-order valence-electron chi connectivity index (χ4n) is 0.919. The molecule has 7 nitrogen and oxygen atoms in total. The fraction of sp³-hybridized carbons (Fsp3) is 0. The van der Waals surface area contributed by atoms with E-state index >= 15 is 0 Å². The van der Waals surface area contributed by atoms with E-state index < -0.39 is 5.97 Å². The van der Waals surface area contributed by atoms with Crippen LogP contribution in [0.2, 0.25) is 0 Å². The first-order valence-electron chi connectivity index (χ1n) is 3.53. The number of aromatic carboxylic acids is 1. The molecule has 0 atom stereocenters. The van der Waals surface area contributed by atoms with Gasteiger partial charge < -0.3 is 10.8 Å². The van der Waals surface area contributed by atoms with E-state index in [1.54, 1.807) is 0 Å². The van der Waals surface area contributed by atoms with Crippen LogP contribution in [0.5, 0.6) is 0 Å². The fourth-order valence-corrected chi connectivity index (χ4v) is 1.40. The molecule has 2 rings (SSSR count). The smallest absolute Gasteiger partial charge is 0.358 e. The quantitative estimate of drug-likeness (QED) is 0.724. The molecule has 0 fully saturated rings. The minimum atomic E-state index is -1.16. The summed E-state index contributed by atoms with van der Waals surface area (Å²) in [5, 5.41) is 20.2. The van der Waals surface area contributed by atoms with Crippen LogP contribution in [-0.2, 0) is 0 Å². The number of hydrogen-bond acceptors (Lipinski definition) is 6. The number of carboxylic acids is 1. The Morgan fingerprint density at radius 2 is 2.43 bits per heavy atom. The average molecular weight is 211 g/mol. The molecule has 2 heterocycles. The van der Waals surface area contributed by atoms with Crippen molar-refractivity contribution >= 4 is 23.0 Å². The lowest BCUT2D eigenvalue weighted by Gasteiger charge is -1.89. The van der Waals surface area contributed by atoms with Gasteiger partial charge in [-0.1, -0.05) is 11.3 Å². The minimum Gasteiger partial charge on any atom is -0.476 e. The van der Waals surface area contributed by atoms with Crippen LogP contribution in [-0.4, -0.2) is 31.1 Å². The standard InChI is InChI=1S/C6H5N5O2S/c7-3-1-11(6-9-8-2-14-6)10-4(3)5(12)13/h1-2H,7H2,(H,12,13). The molecular weight excluding hydrogens is 206 g/mol. The van der Waals surface area contributed by atoms with Gasteiger partial charge in [-0.15, -0.1) is 10.2 Å². The molecule has 72 valence electrons. The van der Waals surface area contributed by atoms with Gasteiger partial charge in [-0.25, -0.2) is 9.48 Å². The van der Waals surface area contributed by atoms with Gasteiger partial charge in [0.2, 0.25) is 5.13 Å². The van der Waals surface area contributed by atoms with Crippen LogP contribution in [0.4, 0.5) is 5.69 Å². The van der Waals surface area contributed by atoms with Crippen LogP contribution in [0, 0.1) is 0 Å². The maximum atomic E-state index is 10.6. The average Bonchev–Trinajstić information content (AvgIpc) is 2.70. The third-order valence-electron chi connectivity index (χ3n) is 1.49. The molecule has 8 heteroatoms. The first kappa shape index (κ1) is 8.63. The Bertz CT molecular complexity index is 463. The summed E-state index contributed by atoms with van der Waals surface area (Å²) < 4.78 is 1.29. The van der Waals surface area contributed by atoms with Crippen LogP contribution < -0.4 is 5.73 Å². The Morgan fingerprint density at radius 3 is 2.93 bits per heavy atom. The van der Waals surface area contributed by atoms with E-state index in [9.17, 15) is 4.79 Å². The van der Waals surface area contributed by atoms with Crippen molar-refractivity contribution in [3.05, 3.63) is 17.4 Å². The van der Waals surface area contributed by atoms with Crippen LogP contribution in [0.3, 0.4) is 0 Å². The maximum absolute atomic E-state index is 10.6. The van der Waals surface area contributed by atoms with E-state index in [0.29, 0.717) is 5.13 Å². The lowest BCUT2D eigenvalue weighted by Crippen LogP contribution is -2.02. The van der Waals surface area contributed by atoms with Gasteiger partial charge in [-0.05, 0) is 0 Å². The normalized spacial score (nSPS) is 10.3. The van der Waals surface area contributed by atoms with Gasteiger partial charge in [0, 0.05) is 0 Å². The molecule has 2 aromatic rings. The number of hydrogen-bond donors (Lipinski definition) is 2. The van der Waals surface area contributed by atoms with Gasteiger partial charge in [0.25, 0.3) is 0 Å². The highest BCUT2D eigenvalue weighted by atomic mass is 32.1. The van der Waals surface area contributed by atoms with Crippen LogP contribution in [0.1, 0.15) is 10.5 Å². The number of aromatic nitrogens is 4. The van der Waals surface area contributed by atoms with Gasteiger partial charge in [0.05, 0.1) is 11.9 Å². The number of rotatable bonds is 2. The topological polar surface area (TPSA) is 107 Å². The molecule has 0 aliphatic heterocycles. The summed E-state index contributed by atoms with van der Waals surface area (Å²) in [6, 6.07) is 0. The summed E-state index contributed by atoms with van der Waals surface area (Å²) in [7, 11) is 0. The maximum Gasteiger partial charge on any atom is 0.358 e. The molecule has 0 aliphatic carbocycles. The molecule has 0 radical (unpaired) electrons. The molecular formula is C6H5N5O2S. The SMILES string of the molecule is Nc1cn(-c2nncs2)nc1C(=O)O. The van der Waals surface area contributed by atoms with Crippen LogP contribution in [0.15, 0.2) is 11.7 Å². The zero-order valence-corrected chi connectivity index (χ0v) is 7.60. The van der Waals surface area contributed by atoms with E-state index in [1.165, 1.54) is 27.7 Å². The largest absolute Gasteiger partial charge is 0.476 e. The molecule has 3 N–H and O–H groups in total. The second kappa shape index (κ2) is 3.07. The third-order valence-corrected chi connectivity index (χ3v) is 2.17. The van der Waals surface area contributed by atoms with E-state index in [2.05, 4.69) is 15.3 Å². The molecule has 0 bridgehead atoms. The number of carboxylic acid groups (broad SMARTS) is 1. The summed E-state index contributed by atoms with van der Waals surface area (Å²) >= 11 is 1.24. The Kier molecular flexibility index (Phi) is 1.89. The first-order chi connectivity index (χ1) is 6.68. The highest BCUT2D eigenvalue weighted by molar-refractivity contribution is 7.11. The molecule has 0 aliphatic rings. The number of nitrogens with zero attached hydrogens (tertiary/aromatic N) is 4. The van der Waals surface area contributed by atoms with Crippen LogP contribution >= 0.6 is 11.3 Å². The van der Waals surface area contributed by atoms with E-state index in [0.717, 1.165) is 0 Å². The highest BCUT2D eigenvalue weighted by Crippen LogP contribution is 2.14. The molecule has 14 heavy (non-hydrogen) atoms. The van der Waals surface area contributed by atoms with Crippen molar-refractivity contribution in [2.45, 2.75) is 0 Å². The molecule has 0 unspecified atom stereocenters. The highest BCUT2D eigenvalue weighted by Gasteiger charge is 2.14. The zero-order chi connectivity index (χ0) is 10.1. The summed E-state index contributed by atoms with van der Waals surface area (Å²) in [6.07, 6.45) is 1.39. The van der Waals surface area contributed by atoms with Gasteiger partial charge in [-0.3, -0.25) is 0 Å². The van der Waals surface area contributed by atoms with Crippen molar-refractivity contribution in [3.63, 3.8) is 0 Å². The first-order valence-corrected chi connectivity index (χ1v) is 4.41. The Labute approximate surface area is 81.8 Å². The second-order valence-corrected chi connectivity index (χ2v) is 3.22. The molecule has 0 aromatic carbocycles. The van der Waals surface area contributed by atoms with E-state index in [4.69, 9.17) is 10.8 Å². The summed E-state index contributed by atoms with van der Waals surface area (Å²) in [5.41, 5.74) is 6.89. The number of carbonyl (C=O) groups is 1. The second-order valence-electron chi connectivity index (χ2n) is 2.40. The summed E-state index contributed by atoms with van der Waals surface area (Å²) in [6.45, 7) is 0. The minimum absolute atomic E-state index is 0.104. The number of nitrogen functional groups attached to an aromatic ring is 1. The lowest BCUT2D eigenvalue weighted by molar-refractivity contribution is 0.0691. The Morgan fingerprint density at radius 1 is 1.64 bits per heavy atom. The Balaban J connectivity index is 2.48. The number of nitrogens with two attached hydrogens (primary N) is 1. The van der Waals surface area contributed by atoms with Crippen LogP contribution in [0.25, 0.3) is 5.13 Å². The molecule has 0 amide bonds. The Hall–Kier alpha value is -1.96. The molecule has 2 aromatic heterocycles. The molecule has 0 saturated heterocycles. The van der Waals surface area contributed by atoms with Crippen molar-refractivity contribution < 1.29 is 9.90 Å². The number of anilines is 1. The monoisotopic (exact) mass is 211 g/mol. The van der Waals surface area contributed by atoms with Crippen molar-refractivity contribution in [1.82, 2.24) is 20.0 Å². The van der Waals surface area contributed by atoms with Gasteiger partial charge in [0.1, 0.15) is 5.51 Å². The van der Waals surface area contributed by atoms with Crippen molar-refractivity contribution in [2.75, 3.05) is 5.73 Å². The van der Waals surface area contributed by atoms with Gasteiger partial charge in [0.15, 0.2) is 5.69 Å². The van der Waals surface area contributed by atoms with Crippen molar-refractivity contribution in [1.29, 1.82) is 0 Å². The van der Waals surface area contributed by atoms with Gasteiger partial charge in [-0.2, -0.15) is 5.10 Å². The summed E-state index contributed by atoms with van der Waals surface area (Å²) in [4.78, 5) is 10.6. The third kappa shape index (κ3) is 1.31. The van der Waals surface area contributed by atoms with E-state index in [-0.39, 0.29) is 11.4 Å². The molecule has 0 saturated carbocycles. The van der Waals surface area contributed by atoms with E-state index in [1.807, 2.05) is 0 Å². The zero-order valence-electron chi connectivity index (χ0n) is 6.78. The van der Waals surface area contributed by atoms with Crippen molar-refractivity contribution in [2.24, 2.45) is 0 Å². The predicted octanol–water partition coefficient (Wildman–Crippen LogP) is 0.00420. The summed E-state index contributed by atoms with van der Waals surface area (Å²) in [5.74, 6) is -1.16.